The monoisotopic (exact) mass is 448 g/mol. The van der Waals surface area contributed by atoms with Gasteiger partial charge in [0, 0.05) is 0 Å². The van der Waals surface area contributed by atoms with Crippen LogP contribution < -0.4 is 0 Å². The highest BCUT2D eigenvalue weighted by Crippen LogP contribution is 2.49. The first-order valence-corrected chi connectivity index (χ1v) is 12.3. The van der Waals surface area contributed by atoms with Gasteiger partial charge in [0.1, 0.15) is 0 Å². The fourth-order valence-corrected chi connectivity index (χ4v) is 5.88. The van der Waals surface area contributed by atoms with Crippen LogP contribution in [0.15, 0.2) is 133 Å². The van der Waals surface area contributed by atoms with Gasteiger partial charge in [0.2, 0.25) is 0 Å². The molecule has 0 radical (unpaired) electrons. The highest BCUT2D eigenvalue weighted by molar-refractivity contribution is 5.95. The molecule has 35 heavy (non-hydrogen) atoms. The summed E-state index contributed by atoms with van der Waals surface area (Å²) in [5.41, 5.74) is 7.28. The summed E-state index contributed by atoms with van der Waals surface area (Å²) >= 11 is 0. The normalized spacial score (nSPS) is 11.7. The molecule has 0 aliphatic rings. The summed E-state index contributed by atoms with van der Waals surface area (Å²) in [5, 5.41) is 5.20. The third-order valence-electron chi connectivity index (χ3n) is 7.50. The van der Waals surface area contributed by atoms with Crippen LogP contribution in [0.1, 0.15) is 33.4 Å². The highest BCUT2D eigenvalue weighted by Gasteiger charge is 2.40. The van der Waals surface area contributed by atoms with Crippen molar-refractivity contribution in [3.05, 3.63) is 167 Å². The van der Waals surface area contributed by atoms with Crippen molar-refractivity contribution in [2.24, 2.45) is 0 Å². The maximum absolute atomic E-state index is 2.35. The summed E-state index contributed by atoms with van der Waals surface area (Å²) in [6.45, 7) is 4.42. The van der Waals surface area contributed by atoms with E-state index in [4.69, 9.17) is 0 Å². The van der Waals surface area contributed by atoms with E-state index in [0.29, 0.717) is 0 Å². The molecule has 168 valence electrons. The molecule has 0 saturated heterocycles. The molecule has 6 aromatic rings. The van der Waals surface area contributed by atoms with E-state index in [9.17, 15) is 0 Å². The van der Waals surface area contributed by atoms with Gasteiger partial charge in [0.15, 0.2) is 0 Å². The Morgan fingerprint density at radius 1 is 0.343 bits per heavy atom. The molecule has 0 saturated carbocycles. The first kappa shape index (κ1) is 21.4. The van der Waals surface area contributed by atoms with E-state index in [1.807, 2.05) is 0 Å². The lowest BCUT2D eigenvalue weighted by Crippen LogP contribution is -2.31. The lowest BCUT2D eigenvalue weighted by molar-refractivity contribution is 0.760. The van der Waals surface area contributed by atoms with Gasteiger partial charge in [-0.25, -0.2) is 0 Å². The third kappa shape index (κ3) is 3.29. The number of aryl methyl sites for hydroxylation is 2. The molecule has 0 heterocycles. The first-order valence-electron chi connectivity index (χ1n) is 12.3. The molecule has 0 aliphatic carbocycles. The van der Waals surface area contributed by atoms with E-state index in [1.54, 1.807) is 0 Å². The second kappa shape index (κ2) is 8.56. The fourth-order valence-electron chi connectivity index (χ4n) is 5.88. The van der Waals surface area contributed by atoms with Gasteiger partial charge in [-0.3, -0.25) is 0 Å². The quantitative estimate of drug-likeness (QED) is 0.236. The lowest BCUT2D eigenvalue weighted by atomic mass is 9.63. The van der Waals surface area contributed by atoms with E-state index in [-0.39, 0.29) is 0 Å². The van der Waals surface area contributed by atoms with Crippen molar-refractivity contribution < 1.29 is 0 Å². The Kier molecular flexibility index (Phi) is 5.23. The van der Waals surface area contributed by atoms with Crippen molar-refractivity contribution in [3.8, 4) is 0 Å². The zero-order chi connectivity index (χ0) is 23.8. The summed E-state index contributed by atoms with van der Waals surface area (Å²) in [4.78, 5) is 0. The van der Waals surface area contributed by atoms with Crippen LogP contribution in [0.3, 0.4) is 0 Å². The number of hydrogen-bond acceptors (Lipinski definition) is 0. The standard InChI is InChI=1S/C35H28/c1-25-13-11-21-32-30(25)20-12-22-33(32)35(27-14-5-3-6-15-27,28-16-7-4-8-17-28)34-24-23-26(2)29-18-9-10-19-31(29)34/h3-24H,1-2H3. The molecule has 0 unspecified atom stereocenters. The molecule has 0 atom stereocenters. The molecule has 0 aliphatic heterocycles. The van der Waals surface area contributed by atoms with Gasteiger partial charge >= 0.3 is 0 Å². The number of benzene rings is 6. The average molecular weight is 449 g/mol. The number of rotatable bonds is 4. The maximum atomic E-state index is 2.35. The van der Waals surface area contributed by atoms with Crippen molar-refractivity contribution in [2.75, 3.05) is 0 Å². The van der Waals surface area contributed by atoms with Crippen LogP contribution >= 0.6 is 0 Å². The van der Waals surface area contributed by atoms with E-state index < -0.39 is 5.41 Å². The van der Waals surface area contributed by atoms with E-state index in [1.165, 1.54) is 54.9 Å². The topological polar surface area (TPSA) is 0 Å². The number of hydrogen-bond donors (Lipinski definition) is 0. The summed E-state index contributed by atoms with van der Waals surface area (Å²) < 4.78 is 0. The minimum atomic E-state index is -0.483. The zero-order valence-electron chi connectivity index (χ0n) is 20.2. The Balaban J connectivity index is 1.88. The highest BCUT2D eigenvalue weighted by atomic mass is 14.4. The Bertz CT molecular complexity index is 1560. The van der Waals surface area contributed by atoms with Crippen molar-refractivity contribution in [2.45, 2.75) is 19.3 Å². The van der Waals surface area contributed by atoms with Crippen LogP contribution in [0.4, 0.5) is 0 Å². The summed E-state index contributed by atoms with van der Waals surface area (Å²) in [5.74, 6) is 0. The molecule has 0 aromatic heterocycles. The van der Waals surface area contributed by atoms with Gasteiger partial charge in [-0.1, -0.05) is 133 Å². The van der Waals surface area contributed by atoms with Gasteiger partial charge < -0.3 is 0 Å². The molecule has 6 aromatic carbocycles. The van der Waals surface area contributed by atoms with Crippen LogP contribution in [-0.4, -0.2) is 0 Å². The predicted octanol–water partition coefficient (Wildman–Crippen LogP) is 8.99. The van der Waals surface area contributed by atoms with Crippen molar-refractivity contribution >= 4 is 21.5 Å². The van der Waals surface area contributed by atoms with E-state index >= 15 is 0 Å². The SMILES string of the molecule is Cc1cccc2c(C(c3ccccc3)(c3ccccc3)c3ccc(C)c4ccccc34)cccc12. The van der Waals surface area contributed by atoms with Gasteiger partial charge in [-0.15, -0.1) is 0 Å². The van der Waals surface area contributed by atoms with Gasteiger partial charge in [-0.05, 0) is 68.8 Å². The molecule has 0 bridgehead atoms. The van der Waals surface area contributed by atoms with Crippen molar-refractivity contribution in [3.63, 3.8) is 0 Å². The summed E-state index contributed by atoms with van der Waals surface area (Å²) in [6.07, 6.45) is 0. The van der Waals surface area contributed by atoms with Gasteiger partial charge in [0.25, 0.3) is 0 Å². The first-order chi connectivity index (χ1) is 17.2. The zero-order valence-corrected chi connectivity index (χ0v) is 20.2. The van der Waals surface area contributed by atoms with E-state index in [0.717, 1.165) is 0 Å². The van der Waals surface area contributed by atoms with Crippen molar-refractivity contribution in [1.82, 2.24) is 0 Å². The van der Waals surface area contributed by atoms with Gasteiger partial charge in [-0.2, -0.15) is 0 Å². The second-order valence-electron chi connectivity index (χ2n) is 9.43. The maximum Gasteiger partial charge on any atom is 0.0713 e. The van der Waals surface area contributed by atoms with Crippen LogP contribution in [0.5, 0.6) is 0 Å². The Morgan fingerprint density at radius 3 is 1.40 bits per heavy atom. The molecule has 0 N–H and O–H groups in total. The number of fused-ring (bicyclic) bond motifs is 2. The van der Waals surface area contributed by atoms with Gasteiger partial charge in [0.05, 0.1) is 5.41 Å². The van der Waals surface area contributed by atoms with Crippen LogP contribution in [0.2, 0.25) is 0 Å². The molecule has 0 spiro atoms. The van der Waals surface area contributed by atoms with E-state index in [2.05, 4.69) is 147 Å². The smallest absolute Gasteiger partial charge is 0.0622 e. The minimum Gasteiger partial charge on any atom is -0.0622 e. The fraction of sp³-hybridized carbons (Fsp3) is 0.0857. The van der Waals surface area contributed by atoms with Crippen LogP contribution in [0, 0.1) is 13.8 Å². The molecular formula is C35H28. The predicted molar refractivity (Wildman–Crippen MR) is 149 cm³/mol. The van der Waals surface area contributed by atoms with Crippen LogP contribution in [-0.2, 0) is 5.41 Å². The largest absolute Gasteiger partial charge is 0.0713 e. The summed E-state index contributed by atoms with van der Waals surface area (Å²) in [7, 11) is 0. The summed E-state index contributed by atoms with van der Waals surface area (Å²) in [6, 6.07) is 49.0. The molecule has 0 nitrogen and oxygen atoms in total. The molecule has 0 fully saturated rings. The third-order valence-corrected chi connectivity index (χ3v) is 7.50. The Morgan fingerprint density at radius 2 is 0.771 bits per heavy atom. The second-order valence-corrected chi connectivity index (χ2v) is 9.43. The Labute approximate surface area is 207 Å². The average Bonchev–Trinajstić information content (AvgIpc) is 2.92. The van der Waals surface area contributed by atoms with Crippen molar-refractivity contribution in [1.29, 1.82) is 0 Å². The Hall–Kier alpha value is -4.16. The molecular weight excluding hydrogens is 420 g/mol. The molecule has 0 heteroatoms. The molecule has 0 amide bonds. The molecule has 6 rings (SSSR count). The lowest BCUT2D eigenvalue weighted by Gasteiger charge is -2.38. The van der Waals surface area contributed by atoms with Crippen LogP contribution in [0.25, 0.3) is 21.5 Å². The minimum absolute atomic E-state index is 0.483.